The van der Waals surface area contributed by atoms with E-state index in [9.17, 15) is 20.1 Å². The molecule has 1 fully saturated rings. The van der Waals surface area contributed by atoms with Crippen LogP contribution < -0.4 is 0 Å². The Labute approximate surface area is 109 Å². The van der Waals surface area contributed by atoms with Crippen molar-refractivity contribution in [2.75, 3.05) is 6.61 Å². The van der Waals surface area contributed by atoms with Crippen molar-refractivity contribution in [3.05, 3.63) is 35.9 Å². The lowest BCUT2D eigenvalue weighted by atomic mass is 9.87. The van der Waals surface area contributed by atoms with Crippen LogP contribution >= 0.6 is 11.8 Å². The second kappa shape index (κ2) is 4.99. The maximum Gasteiger partial charge on any atom is 0.200 e. The molecule has 4 atom stereocenters. The van der Waals surface area contributed by atoms with Crippen molar-refractivity contribution in [2.45, 2.75) is 22.4 Å². The maximum atomic E-state index is 12.3. The van der Waals surface area contributed by atoms with Crippen molar-refractivity contribution in [1.82, 2.24) is 0 Å². The second-order valence-electron chi connectivity index (χ2n) is 4.05. The van der Waals surface area contributed by atoms with E-state index < -0.39 is 34.8 Å². The molecule has 1 saturated heterocycles. The first-order valence-corrected chi connectivity index (χ1v) is 6.24. The molecule has 0 aromatic heterocycles. The molecule has 18 heavy (non-hydrogen) atoms. The van der Waals surface area contributed by atoms with Gasteiger partial charge in [0, 0.05) is 5.56 Å². The minimum Gasteiger partial charge on any atom is -0.395 e. The average Bonchev–Trinajstić information content (AvgIpc) is 2.60. The minimum atomic E-state index is -2.67. The summed E-state index contributed by atoms with van der Waals surface area (Å²) in [5, 5.41) is 38.2. The fraction of sp³-hybridized carbons (Fsp3) is 0.417. The van der Waals surface area contributed by atoms with Gasteiger partial charge in [-0.15, -0.1) is 11.8 Å². The van der Waals surface area contributed by atoms with Gasteiger partial charge in [-0.05, 0) is 0 Å². The molecular formula is C12H14O5S. The van der Waals surface area contributed by atoms with Crippen LogP contribution in [0.3, 0.4) is 0 Å². The van der Waals surface area contributed by atoms with Crippen LogP contribution in [0.4, 0.5) is 0 Å². The predicted molar refractivity (Wildman–Crippen MR) is 66.2 cm³/mol. The summed E-state index contributed by atoms with van der Waals surface area (Å²) in [6.45, 7) is -0.558. The van der Waals surface area contributed by atoms with Crippen LogP contribution in [0.2, 0.25) is 0 Å². The van der Waals surface area contributed by atoms with Crippen LogP contribution in [0.5, 0.6) is 0 Å². The van der Waals surface area contributed by atoms with Gasteiger partial charge in [0.1, 0.15) is 11.5 Å². The van der Waals surface area contributed by atoms with Crippen LogP contribution in [0.15, 0.2) is 30.3 Å². The third-order valence-corrected chi connectivity index (χ3v) is 4.18. The lowest BCUT2D eigenvalue weighted by molar-refractivity contribution is -0.0805. The third-order valence-electron chi connectivity index (χ3n) is 2.93. The fourth-order valence-electron chi connectivity index (χ4n) is 1.87. The van der Waals surface area contributed by atoms with Crippen molar-refractivity contribution in [1.29, 1.82) is 0 Å². The molecule has 1 aromatic carbocycles. The summed E-state index contributed by atoms with van der Waals surface area (Å²) < 4.78 is 7.66. The fourth-order valence-corrected chi connectivity index (χ4v) is 2.95. The Morgan fingerprint density at radius 1 is 1.39 bits per heavy atom. The van der Waals surface area contributed by atoms with E-state index in [0.717, 1.165) is 0 Å². The molecule has 0 amide bonds. The van der Waals surface area contributed by atoms with Crippen molar-refractivity contribution in [3.8, 4) is 0 Å². The summed E-state index contributed by atoms with van der Waals surface area (Å²) in [6.07, 6.45) is -1.72. The lowest BCUT2D eigenvalue weighted by Gasteiger charge is -2.28. The van der Waals surface area contributed by atoms with Gasteiger partial charge >= 0.3 is 0 Å². The van der Waals surface area contributed by atoms with Gasteiger partial charge in [0.25, 0.3) is 0 Å². The predicted octanol–water partition coefficient (Wildman–Crippen LogP) is -0.613. The SMILES string of the molecule is [2H]C1(O)S[C@H](CO)[C@@H](O)[C@]1(O)C(=O)c1ccccc1. The highest BCUT2D eigenvalue weighted by Gasteiger charge is 2.58. The molecule has 98 valence electrons. The third kappa shape index (κ3) is 1.96. The summed E-state index contributed by atoms with van der Waals surface area (Å²) in [7, 11) is 0. The number of carbonyl (C=O) groups is 1. The molecule has 0 spiro atoms. The molecule has 1 heterocycles. The zero-order valence-electron chi connectivity index (χ0n) is 10.4. The van der Waals surface area contributed by atoms with Gasteiger partial charge < -0.3 is 20.4 Å². The van der Waals surface area contributed by atoms with Gasteiger partial charge in [0.2, 0.25) is 5.78 Å². The summed E-state index contributed by atoms with van der Waals surface area (Å²) in [4.78, 5) is 12.3. The van der Waals surface area contributed by atoms with Gasteiger partial charge in [0.05, 0.1) is 13.2 Å². The summed E-state index contributed by atoms with van der Waals surface area (Å²) in [5.74, 6) is -0.943. The monoisotopic (exact) mass is 271 g/mol. The summed E-state index contributed by atoms with van der Waals surface area (Å²) in [6, 6.07) is 7.64. The summed E-state index contributed by atoms with van der Waals surface area (Å²) in [5.41, 5.74) is -5.21. The normalized spacial score (nSPS) is 40.6. The molecule has 1 aliphatic heterocycles. The molecule has 4 N–H and O–H groups in total. The number of rotatable bonds is 3. The number of hydrogen-bond donors (Lipinski definition) is 4. The first-order valence-electron chi connectivity index (χ1n) is 5.86. The van der Waals surface area contributed by atoms with Crippen molar-refractivity contribution >= 4 is 17.5 Å². The molecule has 5 nitrogen and oxygen atoms in total. The Bertz CT molecular complexity index is 480. The van der Waals surface area contributed by atoms with Gasteiger partial charge in [-0.2, -0.15) is 0 Å². The first kappa shape index (κ1) is 12.1. The summed E-state index contributed by atoms with van der Waals surface area (Å²) >= 11 is 0.457. The van der Waals surface area contributed by atoms with E-state index >= 15 is 0 Å². The Kier molecular flexibility index (Phi) is 3.36. The maximum absolute atomic E-state index is 12.3. The molecule has 1 unspecified atom stereocenters. The molecule has 0 aliphatic carbocycles. The average molecular weight is 271 g/mol. The molecule has 0 bridgehead atoms. The van der Waals surface area contributed by atoms with Crippen molar-refractivity contribution in [2.24, 2.45) is 0 Å². The highest BCUT2D eigenvalue weighted by atomic mass is 32.2. The number of aliphatic hydroxyl groups excluding tert-OH is 2. The van der Waals surface area contributed by atoms with E-state index in [1.54, 1.807) is 18.2 Å². The number of ketones is 1. The first-order chi connectivity index (χ1) is 8.84. The van der Waals surface area contributed by atoms with Crippen LogP contribution in [-0.4, -0.2) is 55.2 Å². The Hall–Kier alpha value is -0.920. The standard InChI is InChI=1S/C12H14O5S/c13-6-8-10(15)12(17,11(16)18-8)9(14)7-4-2-1-3-5-7/h1-5,8,10-11,13,15-17H,6H2/t8-,10-,11?,12-/m1/s1/i11D. The van der Waals surface area contributed by atoms with Crippen molar-refractivity contribution in [3.63, 3.8) is 0 Å². The van der Waals surface area contributed by atoms with Crippen LogP contribution in [0.1, 0.15) is 11.7 Å². The van der Waals surface area contributed by atoms with Gasteiger partial charge in [-0.25, -0.2) is 0 Å². The molecule has 6 heteroatoms. The highest BCUT2D eigenvalue weighted by molar-refractivity contribution is 8.00. The van der Waals surface area contributed by atoms with Crippen LogP contribution in [0.25, 0.3) is 0 Å². The largest absolute Gasteiger partial charge is 0.395 e. The minimum absolute atomic E-state index is 0.0777. The number of hydrogen-bond acceptors (Lipinski definition) is 6. The highest BCUT2D eigenvalue weighted by Crippen LogP contribution is 2.41. The zero-order chi connectivity index (χ0) is 14.3. The van der Waals surface area contributed by atoms with E-state index in [1.807, 2.05) is 0 Å². The molecular weight excluding hydrogens is 256 g/mol. The second-order valence-corrected chi connectivity index (χ2v) is 5.28. The zero-order valence-corrected chi connectivity index (χ0v) is 10.2. The molecule has 0 saturated carbocycles. The quantitative estimate of drug-likeness (QED) is 0.547. The molecule has 2 rings (SSSR count). The van der Waals surface area contributed by atoms with Gasteiger partial charge in [0.15, 0.2) is 5.60 Å². The van der Waals surface area contributed by atoms with E-state index in [-0.39, 0.29) is 5.56 Å². The van der Waals surface area contributed by atoms with E-state index in [4.69, 9.17) is 6.48 Å². The van der Waals surface area contributed by atoms with Crippen LogP contribution in [0, 0.1) is 0 Å². The van der Waals surface area contributed by atoms with E-state index in [2.05, 4.69) is 0 Å². The smallest absolute Gasteiger partial charge is 0.200 e. The van der Waals surface area contributed by atoms with Crippen LogP contribution in [-0.2, 0) is 0 Å². The molecule has 1 aromatic rings. The Morgan fingerprint density at radius 3 is 2.50 bits per heavy atom. The van der Waals surface area contributed by atoms with E-state index in [0.29, 0.717) is 11.8 Å². The number of aliphatic hydroxyl groups is 4. The topological polar surface area (TPSA) is 98.0 Å². The Balaban J connectivity index is 2.43. The van der Waals surface area contributed by atoms with Gasteiger partial charge in [-0.1, -0.05) is 30.3 Å². The number of benzene rings is 1. The number of carbonyl (C=O) groups excluding carboxylic acids is 1. The van der Waals surface area contributed by atoms with Gasteiger partial charge in [-0.3, -0.25) is 4.79 Å². The lowest BCUT2D eigenvalue weighted by Crippen LogP contribution is -2.54. The Morgan fingerprint density at radius 2 is 2.00 bits per heavy atom. The van der Waals surface area contributed by atoms with E-state index in [1.165, 1.54) is 12.1 Å². The molecule has 1 aliphatic rings. The number of thioether (sulfide) groups is 1. The molecule has 0 radical (unpaired) electrons. The number of Topliss-reactive ketones (excluding diaryl/α,β-unsaturated/α-hetero) is 1. The van der Waals surface area contributed by atoms with Crippen molar-refractivity contribution < 1.29 is 26.6 Å².